The summed E-state index contributed by atoms with van der Waals surface area (Å²) in [6.45, 7) is 5.12. The molecule has 0 saturated carbocycles. The molecular formula is C7H16ClNO. The Kier molecular flexibility index (Phi) is 6.08. The molecule has 0 unspecified atom stereocenters. The molecule has 0 aliphatic carbocycles. The molecule has 1 heterocycles. The molecule has 0 N–H and O–H groups in total. The van der Waals surface area contributed by atoms with Gasteiger partial charge in [-0.25, -0.2) is 0 Å². The second-order valence-corrected chi connectivity index (χ2v) is 2.41. The van der Waals surface area contributed by atoms with E-state index in [1.165, 1.54) is 19.3 Å². The molecule has 0 spiro atoms. The van der Waals surface area contributed by atoms with Crippen LogP contribution in [-0.2, 0) is 4.84 Å². The summed E-state index contributed by atoms with van der Waals surface area (Å²) in [6.07, 6.45) is 3.99. The Morgan fingerprint density at radius 1 is 1.20 bits per heavy atom. The van der Waals surface area contributed by atoms with Crippen LogP contribution in [0.15, 0.2) is 0 Å². The molecule has 2 nitrogen and oxygen atoms in total. The molecule has 3 heteroatoms. The minimum absolute atomic E-state index is 0. The van der Waals surface area contributed by atoms with Gasteiger partial charge in [0.2, 0.25) is 0 Å². The van der Waals surface area contributed by atoms with Crippen molar-refractivity contribution >= 4 is 12.4 Å². The number of hydrogen-bond donors (Lipinski definition) is 0. The Morgan fingerprint density at radius 2 is 1.80 bits per heavy atom. The summed E-state index contributed by atoms with van der Waals surface area (Å²) in [6, 6.07) is 0. The third-order valence-corrected chi connectivity index (χ3v) is 1.63. The Bertz CT molecular complexity index is 71.3. The molecule has 0 aromatic carbocycles. The summed E-state index contributed by atoms with van der Waals surface area (Å²) in [5, 5.41) is 2.07. The highest BCUT2D eigenvalue weighted by atomic mass is 35.5. The highest BCUT2D eigenvalue weighted by molar-refractivity contribution is 5.85. The van der Waals surface area contributed by atoms with E-state index in [0.717, 1.165) is 19.7 Å². The highest BCUT2D eigenvalue weighted by Crippen LogP contribution is 2.07. The van der Waals surface area contributed by atoms with Crippen LogP contribution in [0.25, 0.3) is 0 Å². The first-order valence-corrected chi connectivity index (χ1v) is 3.81. The van der Waals surface area contributed by atoms with Gasteiger partial charge >= 0.3 is 0 Å². The van der Waals surface area contributed by atoms with E-state index < -0.39 is 0 Å². The molecule has 1 aliphatic heterocycles. The number of rotatable bonds is 2. The van der Waals surface area contributed by atoms with Crippen molar-refractivity contribution in [3.8, 4) is 0 Å². The van der Waals surface area contributed by atoms with Crippen LogP contribution >= 0.6 is 12.4 Å². The van der Waals surface area contributed by atoms with Gasteiger partial charge in [0.1, 0.15) is 0 Å². The van der Waals surface area contributed by atoms with Crippen molar-refractivity contribution in [2.45, 2.75) is 26.2 Å². The summed E-state index contributed by atoms with van der Waals surface area (Å²) >= 11 is 0. The van der Waals surface area contributed by atoms with Crippen molar-refractivity contribution in [3.05, 3.63) is 0 Å². The molecule has 0 atom stereocenters. The number of halogens is 1. The largest absolute Gasteiger partial charge is 0.299 e. The normalized spacial score (nSPS) is 20.1. The van der Waals surface area contributed by atoms with Crippen LogP contribution < -0.4 is 0 Å². The van der Waals surface area contributed by atoms with Gasteiger partial charge in [0.15, 0.2) is 0 Å². The van der Waals surface area contributed by atoms with Gasteiger partial charge in [0.05, 0.1) is 6.61 Å². The van der Waals surface area contributed by atoms with Gasteiger partial charge in [-0.2, -0.15) is 5.06 Å². The van der Waals surface area contributed by atoms with E-state index in [1.54, 1.807) is 0 Å². The molecule has 0 aromatic heterocycles. The van der Waals surface area contributed by atoms with Gasteiger partial charge in [-0.1, -0.05) is 6.42 Å². The molecule has 10 heavy (non-hydrogen) atoms. The predicted molar refractivity (Wildman–Crippen MR) is 44.3 cm³/mol. The van der Waals surface area contributed by atoms with Crippen LogP contribution in [0.4, 0.5) is 0 Å². The topological polar surface area (TPSA) is 12.5 Å². The Balaban J connectivity index is 0.000000810. The van der Waals surface area contributed by atoms with Gasteiger partial charge in [-0.3, -0.25) is 4.84 Å². The maximum atomic E-state index is 5.32. The van der Waals surface area contributed by atoms with Crippen LogP contribution in [0.1, 0.15) is 26.2 Å². The number of hydrogen-bond acceptors (Lipinski definition) is 2. The lowest BCUT2D eigenvalue weighted by molar-refractivity contribution is -0.163. The second-order valence-electron chi connectivity index (χ2n) is 2.41. The first-order chi connectivity index (χ1) is 4.43. The maximum absolute atomic E-state index is 5.32. The van der Waals surface area contributed by atoms with E-state index in [9.17, 15) is 0 Å². The first-order valence-electron chi connectivity index (χ1n) is 3.81. The summed E-state index contributed by atoms with van der Waals surface area (Å²) in [4.78, 5) is 5.32. The van der Waals surface area contributed by atoms with E-state index in [4.69, 9.17) is 4.84 Å². The van der Waals surface area contributed by atoms with E-state index in [2.05, 4.69) is 5.06 Å². The van der Waals surface area contributed by atoms with Gasteiger partial charge < -0.3 is 0 Å². The molecule has 0 amide bonds. The van der Waals surface area contributed by atoms with E-state index in [1.807, 2.05) is 6.92 Å². The molecule has 1 saturated heterocycles. The highest BCUT2D eigenvalue weighted by Gasteiger charge is 2.08. The van der Waals surface area contributed by atoms with Crippen LogP contribution in [0.3, 0.4) is 0 Å². The molecule has 1 rings (SSSR count). The predicted octanol–water partition coefficient (Wildman–Crippen LogP) is 1.85. The fourth-order valence-electron chi connectivity index (χ4n) is 1.18. The standard InChI is InChI=1S/C7H15NO.ClH/c1-2-9-8-6-4-3-5-7-8;/h2-7H2,1H3;1H. The van der Waals surface area contributed by atoms with Crippen LogP contribution in [-0.4, -0.2) is 24.8 Å². The third-order valence-electron chi connectivity index (χ3n) is 1.63. The summed E-state index contributed by atoms with van der Waals surface area (Å²) in [7, 11) is 0. The van der Waals surface area contributed by atoms with Gasteiger partial charge in [0.25, 0.3) is 0 Å². The molecule has 0 aromatic rings. The zero-order chi connectivity index (χ0) is 6.53. The van der Waals surface area contributed by atoms with E-state index >= 15 is 0 Å². The Labute approximate surface area is 68.9 Å². The van der Waals surface area contributed by atoms with Gasteiger partial charge in [-0.15, -0.1) is 12.4 Å². The third kappa shape index (κ3) is 3.40. The van der Waals surface area contributed by atoms with Crippen molar-refractivity contribution in [3.63, 3.8) is 0 Å². The minimum Gasteiger partial charge on any atom is -0.299 e. The lowest BCUT2D eigenvalue weighted by Gasteiger charge is -2.24. The second kappa shape index (κ2) is 5.96. The zero-order valence-corrected chi connectivity index (χ0v) is 7.32. The smallest absolute Gasteiger partial charge is 0.0656 e. The van der Waals surface area contributed by atoms with Gasteiger partial charge in [-0.05, 0) is 19.8 Å². The van der Waals surface area contributed by atoms with Crippen molar-refractivity contribution in [1.82, 2.24) is 5.06 Å². The lowest BCUT2D eigenvalue weighted by atomic mass is 10.2. The van der Waals surface area contributed by atoms with Crippen molar-refractivity contribution in [2.75, 3.05) is 19.7 Å². The molecule has 1 aliphatic rings. The summed E-state index contributed by atoms with van der Waals surface area (Å²) < 4.78 is 0. The number of hydroxylamine groups is 2. The molecule has 0 bridgehead atoms. The Hall–Kier alpha value is 0.210. The minimum atomic E-state index is 0. The fourth-order valence-corrected chi connectivity index (χ4v) is 1.18. The van der Waals surface area contributed by atoms with Crippen molar-refractivity contribution in [2.24, 2.45) is 0 Å². The molecular weight excluding hydrogens is 150 g/mol. The maximum Gasteiger partial charge on any atom is 0.0656 e. The molecule has 62 valence electrons. The Morgan fingerprint density at radius 3 is 2.30 bits per heavy atom. The quantitative estimate of drug-likeness (QED) is 0.619. The zero-order valence-electron chi connectivity index (χ0n) is 6.51. The molecule has 0 radical (unpaired) electrons. The van der Waals surface area contributed by atoms with Crippen molar-refractivity contribution in [1.29, 1.82) is 0 Å². The monoisotopic (exact) mass is 165 g/mol. The van der Waals surface area contributed by atoms with Crippen LogP contribution in [0.5, 0.6) is 0 Å². The van der Waals surface area contributed by atoms with Gasteiger partial charge in [0, 0.05) is 13.1 Å². The first kappa shape index (κ1) is 10.2. The number of nitrogens with zero attached hydrogens (tertiary/aromatic N) is 1. The van der Waals surface area contributed by atoms with Crippen LogP contribution in [0, 0.1) is 0 Å². The average molecular weight is 166 g/mol. The van der Waals surface area contributed by atoms with E-state index in [0.29, 0.717) is 0 Å². The van der Waals surface area contributed by atoms with E-state index in [-0.39, 0.29) is 12.4 Å². The summed E-state index contributed by atoms with van der Waals surface area (Å²) in [5.74, 6) is 0. The molecule has 1 fully saturated rings. The lowest BCUT2D eigenvalue weighted by Crippen LogP contribution is -2.29. The fraction of sp³-hybridized carbons (Fsp3) is 1.00. The summed E-state index contributed by atoms with van der Waals surface area (Å²) in [5.41, 5.74) is 0. The average Bonchev–Trinajstić information content (AvgIpc) is 1.91. The van der Waals surface area contributed by atoms with Crippen LogP contribution in [0.2, 0.25) is 0 Å². The SMILES string of the molecule is CCON1CCCCC1.Cl. The number of piperidine rings is 1. The van der Waals surface area contributed by atoms with Crippen molar-refractivity contribution < 1.29 is 4.84 Å².